The summed E-state index contributed by atoms with van der Waals surface area (Å²) in [5.41, 5.74) is -0.141. The summed E-state index contributed by atoms with van der Waals surface area (Å²) in [6, 6.07) is 4.96. The molecule has 3 heterocycles. The molecule has 2 aromatic heterocycles. The fraction of sp³-hybridized carbons (Fsp3) is 0.350. The van der Waals surface area contributed by atoms with Gasteiger partial charge in [0, 0.05) is 45.0 Å². The zero-order chi connectivity index (χ0) is 20.4. The largest absolute Gasteiger partial charge is 0.487 e. The Morgan fingerprint density at radius 2 is 2.03 bits per heavy atom. The number of hydrogen-bond donors (Lipinski definition) is 0. The van der Waals surface area contributed by atoms with Crippen molar-refractivity contribution < 1.29 is 18.3 Å². The molecule has 1 aliphatic heterocycles. The third-order valence-electron chi connectivity index (χ3n) is 5.00. The summed E-state index contributed by atoms with van der Waals surface area (Å²) in [6.07, 6.45) is 2.57. The van der Waals surface area contributed by atoms with Crippen LogP contribution >= 0.6 is 11.3 Å². The number of carbonyl (C=O) groups is 1. The first-order valence-corrected chi connectivity index (χ1v) is 10.2. The zero-order valence-electron chi connectivity index (χ0n) is 15.5. The Hall–Kier alpha value is -2.81. The summed E-state index contributed by atoms with van der Waals surface area (Å²) >= 11 is 1.41. The molecule has 3 aromatic rings. The van der Waals surface area contributed by atoms with E-state index >= 15 is 0 Å². The third kappa shape index (κ3) is 4.29. The highest BCUT2D eigenvalue weighted by atomic mass is 32.1. The first-order chi connectivity index (χ1) is 14.0. The van der Waals surface area contributed by atoms with Crippen molar-refractivity contribution in [3.05, 3.63) is 58.0 Å². The van der Waals surface area contributed by atoms with Crippen LogP contribution in [0.2, 0.25) is 0 Å². The molecular weight excluding hydrogens is 400 g/mol. The number of benzene rings is 1. The number of amides is 1. The van der Waals surface area contributed by atoms with Gasteiger partial charge in [-0.1, -0.05) is 0 Å². The minimum absolute atomic E-state index is 0.0203. The van der Waals surface area contributed by atoms with E-state index in [-0.39, 0.29) is 36.3 Å². The van der Waals surface area contributed by atoms with E-state index in [2.05, 4.69) is 4.98 Å². The molecule has 1 aliphatic rings. The number of hydrogen-bond acceptors (Lipinski definition) is 5. The van der Waals surface area contributed by atoms with Gasteiger partial charge in [-0.05, 0) is 23.6 Å². The highest BCUT2D eigenvalue weighted by Crippen LogP contribution is 2.23. The topological polar surface area (TPSA) is 64.4 Å². The number of carbonyl (C=O) groups excluding carboxylic acids is 1. The third-order valence-corrected chi connectivity index (χ3v) is 5.82. The van der Waals surface area contributed by atoms with Gasteiger partial charge >= 0.3 is 0 Å². The van der Waals surface area contributed by atoms with Crippen LogP contribution in [0.15, 0.2) is 40.8 Å². The summed E-state index contributed by atoms with van der Waals surface area (Å²) in [5.74, 6) is -1.41. The molecule has 0 N–H and O–H groups in total. The van der Waals surface area contributed by atoms with Crippen molar-refractivity contribution in [3.63, 3.8) is 0 Å². The van der Waals surface area contributed by atoms with Crippen LogP contribution in [0.1, 0.15) is 19.3 Å². The lowest BCUT2D eigenvalue weighted by Crippen LogP contribution is -2.42. The van der Waals surface area contributed by atoms with Crippen LogP contribution in [0.4, 0.5) is 8.78 Å². The Bertz CT molecular complexity index is 1090. The van der Waals surface area contributed by atoms with Crippen LogP contribution in [0, 0.1) is 11.6 Å². The van der Waals surface area contributed by atoms with Crippen LogP contribution in [0.25, 0.3) is 10.2 Å². The molecule has 6 nitrogen and oxygen atoms in total. The second kappa shape index (κ2) is 8.28. The van der Waals surface area contributed by atoms with Crippen molar-refractivity contribution in [2.45, 2.75) is 31.9 Å². The normalized spacial score (nSPS) is 15.0. The summed E-state index contributed by atoms with van der Waals surface area (Å²) in [4.78, 5) is 31.5. The molecule has 1 saturated heterocycles. The van der Waals surface area contributed by atoms with Crippen molar-refractivity contribution in [3.8, 4) is 5.75 Å². The van der Waals surface area contributed by atoms with E-state index in [1.54, 1.807) is 11.0 Å². The maximum absolute atomic E-state index is 13.7. The quantitative estimate of drug-likeness (QED) is 0.637. The molecule has 1 aromatic carbocycles. The molecule has 29 heavy (non-hydrogen) atoms. The van der Waals surface area contributed by atoms with E-state index < -0.39 is 11.6 Å². The number of halogens is 2. The molecule has 1 amide bonds. The summed E-state index contributed by atoms with van der Waals surface area (Å²) in [5, 5.41) is 2.38. The second-order valence-electron chi connectivity index (χ2n) is 6.91. The predicted octanol–water partition coefficient (Wildman–Crippen LogP) is 3.20. The molecule has 0 saturated carbocycles. The first kappa shape index (κ1) is 19.5. The molecular formula is C20H19F2N3O3S. The lowest BCUT2D eigenvalue weighted by Gasteiger charge is -2.32. The summed E-state index contributed by atoms with van der Waals surface area (Å²) < 4.78 is 33.8. The molecule has 9 heteroatoms. The van der Waals surface area contributed by atoms with Crippen LogP contribution in [-0.2, 0) is 11.3 Å². The number of piperidine rings is 1. The standard InChI is InChI=1S/C20H19F2N3O3S/c21-13-1-2-17(16(22)11-13)28-14-3-7-24(8-4-14)18(26)5-9-25-12-23-19-15(20(25)27)6-10-29-19/h1-2,6,10-12,14H,3-5,7-9H2. The van der Waals surface area contributed by atoms with Gasteiger partial charge in [0.25, 0.3) is 5.56 Å². The minimum Gasteiger partial charge on any atom is -0.487 e. The van der Waals surface area contributed by atoms with Gasteiger partial charge in [-0.25, -0.2) is 13.8 Å². The number of ether oxygens (including phenoxy) is 1. The van der Waals surface area contributed by atoms with Gasteiger partial charge in [0.05, 0.1) is 11.7 Å². The molecule has 1 fully saturated rings. The Balaban J connectivity index is 1.29. The number of rotatable bonds is 5. The van der Waals surface area contributed by atoms with Gasteiger partial charge < -0.3 is 9.64 Å². The fourth-order valence-corrected chi connectivity index (χ4v) is 4.12. The van der Waals surface area contributed by atoms with E-state index in [9.17, 15) is 18.4 Å². The van der Waals surface area contributed by atoms with E-state index in [1.165, 1.54) is 28.3 Å². The van der Waals surface area contributed by atoms with Gasteiger partial charge in [-0.3, -0.25) is 14.2 Å². The maximum atomic E-state index is 13.7. The van der Waals surface area contributed by atoms with Gasteiger partial charge in [0.15, 0.2) is 11.6 Å². The van der Waals surface area contributed by atoms with E-state index in [1.807, 2.05) is 5.38 Å². The Kier molecular flexibility index (Phi) is 5.57. The zero-order valence-corrected chi connectivity index (χ0v) is 16.3. The number of aromatic nitrogens is 2. The SMILES string of the molecule is O=C(CCn1cnc2sccc2c1=O)N1CCC(Oc2ccc(F)cc2F)CC1. The molecule has 0 spiro atoms. The molecule has 152 valence electrons. The van der Waals surface area contributed by atoms with Crippen molar-refractivity contribution >= 4 is 27.5 Å². The lowest BCUT2D eigenvalue weighted by molar-refractivity contribution is -0.133. The average molecular weight is 419 g/mol. The van der Waals surface area contributed by atoms with E-state index in [4.69, 9.17) is 4.74 Å². The number of likely N-dealkylation sites (tertiary alicyclic amines) is 1. The average Bonchev–Trinajstić information content (AvgIpc) is 3.20. The van der Waals surface area contributed by atoms with Crippen LogP contribution in [-0.4, -0.2) is 39.6 Å². The van der Waals surface area contributed by atoms with Gasteiger partial charge in [0.2, 0.25) is 5.91 Å². The Morgan fingerprint density at radius 3 is 2.79 bits per heavy atom. The molecule has 4 rings (SSSR count). The van der Waals surface area contributed by atoms with Crippen molar-refractivity contribution in [1.29, 1.82) is 0 Å². The van der Waals surface area contributed by atoms with Crippen LogP contribution in [0.5, 0.6) is 5.75 Å². The number of nitrogens with zero attached hydrogens (tertiary/aromatic N) is 3. The summed E-state index contributed by atoms with van der Waals surface area (Å²) in [7, 11) is 0. The number of fused-ring (bicyclic) bond motifs is 1. The van der Waals surface area contributed by atoms with Gasteiger partial charge in [-0.2, -0.15) is 0 Å². The Morgan fingerprint density at radius 1 is 1.24 bits per heavy atom. The molecule has 0 unspecified atom stereocenters. The van der Waals surface area contributed by atoms with Crippen LogP contribution < -0.4 is 10.3 Å². The molecule has 0 radical (unpaired) electrons. The van der Waals surface area contributed by atoms with Crippen molar-refractivity contribution in [1.82, 2.24) is 14.5 Å². The fourth-order valence-electron chi connectivity index (χ4n) is 3.40. The van der Waals surface area contributed by atoms with E-state index in [0.717, 1.165) is 12.1 Å². The predicted molar refractivity (Wildman–Crippen MR) is 105 cm³/mol. The highest BCUT2D eigenvalue weighted by molar-refractivity contribution is 7.16. The maximum Gasteiger partial charge on any atom is 0.262 e. The van der Waals surface area contributed by atoms with Gasteiger partial charge in [0.1, 0.15) is 16.8 Å². The number of aryl methyl sites for hydroxylation is 1. The lowest BCUT2D eigenvalue weighted by atomic mass is 10.1. The van der Waals surface area contributed by atoms with Crippen LogP contribution in [0.3, 0.4) is 0 Å². The van der Waals surface area contributed by atoms with Crippen molar-refractivity contribution in [2.24, 2.45) is 0 Å². The molecule has 0 atom stereocenters. The smallest absolute Gasteiger partial charge is 0.262 e. The number of thiophene rings is 1. The highest BCUT2D eigenvalue weighted by Gasteiger charge is 2.24. The molecule has 0 aliphatic carbocycles. The monoisotopic (exact) mass is 419 g/mol. The van der Waals surface area contributed by atoms with E-state index in [0.29, 0.717) is 36.1 Å². The first-order valence-electron chi connectivity index (χ1n) is 9.33. The van der Waals surface area contributed by atoms with Gasteiger partial charge in [-0.15, -0.1) is 11.3 Å². The minimum atomic E-state index is -0.731. The second-order valence-corrected chi connectivity index (χ2v) is 7.80. The summed E-state index contributed by atoms with van der Waals surface area (Å²) in [6.45, 7) is 1.25. The molecule has 0 bridgehead atoms. The van der Waals surface area contributed by atoms with Crippen molar-refractivity contribution in [2.75, 3.05) is 13.1 Å². The Labute approximate surface area is 169 Å².